The Labute approximate surface area is 136 Å². The van der Waals surface area contributed by atoms with Crippen molar-refractivity contribution >= 4 is 29.5 Å². The Hall–Kier alpha value is -2.48. The van der Waals surface area contributed by atoms with Crippen molar-refractivity contribution in [3.8, 4) is 11.5 Å². The Balaban J connectivity index is 2.03. The van der Waals surface area contributed by atoms with Gasteiger partial charge in [0.2, 0.25) is 0 Å². The van der Waals surface area contributed by atoms with Gasteiger partial charge in [0.1, 0.15) is 0 Å². The molecule has 0 saturated carbocycles. The number of esters is 1. The Bertz CT molecular complexity index is 648. The number of hydrogen-bond donors (Lipinski definition) is 2. The van der Waals surface area contributed by atoms with E-state index in [1.165, 1.54) is 12.1 Å². The number of aromatic hydroxyl groups is 1. The number of nitrogens with zero attached hydrogens (tertiary/aromatic N) is 1. The van der Waals surface area contributed by atoms with Crippen molar-refractivity contribution < 1.29 is 29.0 Å². The summed E-state index contributed by atoms with van der Waals surface area (Å²) in [7, 11) is 0. The third-order valence-electron chi connectivity index (χ3n) is 3.05. The van der Waals surface area contributed by atoms with Crippen LogP contribution in [0.2, 0.25) is 5.02 Å². The number of phenolic OH excluding ortho intramolecular Hbond substituents is 1. The second-order valence-electron chi connectivity index (χ2n) is 4.59. The minimum Gasteiger partial charge on any atom is -0.503 e. The van der Waals surface area contributed by atoms with Crippen molar-refractivity contribution in [2.75, 3.05) is 26.3 Å². The number of benzene rings is 1. The Morgan fingerprint density at radius 1 is 1.43 bits per heavy atom. The number of imide groups is 1. The van der Waals surface area contributed by atoms with Crippen LogP contribution < -0.4 is 10.1 Å². The monoisotopic (exact) mass is 342 g/mol. The molecule has 1 saturated heterocycles. The lowest BCUT2D eigenvalue weighted by molar-refractivity contribution is -0.130. The minimum atomic E-state index is -0.819. The van der Waals surface area contributed by atoms with E-state index < -0.39 is 24.5 Å². The van der Waals surface area contributed by atoms with E-state index in [9.17, 15) is 19.5 Å². The van der Waals surface area contributed by atoms with Crippen LogP contribution in [-0.2, 0) is 9.53 Å². The zero-order valence-corrected chi connectivity index (χ0v) is 13.1. The third kappa shape index (κ3) is 3.84. The first-order chi connectivity index (χ1) is 10.9. The molecule has 2 rings (SSSR count). The first-order valence-corrected chi connectivity index (χ1v) is 7.22. The van der Waals surface area contributed by atoms with E-state index in [2.05, 4.69) is 5.32 Å². The highest BCUT2D eigenvalue weighted by atomic mass is 35.5. The highest BCUT2D eigenvalue weighted by molar-refractivity contribution is 6.32. The normalized spacial score (nSPS) is 13.7. The van der Waals surface area contributed by atoms with Gasteiger partial charge in [-0.25, -0.2) is 9.59 Å². The van der Waals surface area contributed by atoms with Gasteiger partial charge in [0.05, 0.1) is 17.2 Å². The molecule has 1 aromatic carbocycles. The summed E-state index contributed by atoms with van der Waals surface area (Å²) in [5, 5.41) is 12.1. The summed E-state index contributed by atoms with van der Waals surface area (Å²) >= 11 is 5.82. The second kappa shape index (κ2) is 7.19. The first-order valence-electron chi connectivity index (χ1n) is 6.84. The molecular formula is C14H15ClN2O6. The van der Waals surface area contributed by atoms with Crippen molar-refractivity contribution in [2.24, 2.45) is 0 Å². The predicted octanol–water partition coefficient (Wildman–Crippen LogP) is 1.15. The van der Waals surface area contributed by atoms with Gasteiger partial charge in [-0.3, -0.25) is 9.69 Å². The van der Waals surface area contributed by atoms with Crippen molar-refractivity contribution in [3.05, 3.63) is 22.7 Å². The zero-order chi connectivity index (χ0) is 17.0. The van der Waals surface area contributed by atoms with E-state index in [1.54, 1.807) is 6.92 Å². The lowest BCUT2D eigenvalue weighted by Crippen LogP contribution is -2.37. The van der Waals surface area contributed by atoms with Gasteiger partial charge in [0.15, 0.2) is 18.1 Å². The third-order valence-corrected chi connectivity index (χ3v) is 3.34. The van der Waals surface area contributed by atoms with E-state index in [0.29, 0.717) is 6.54 Å². The number of carbonyl (C=O) groups is 3. The second-order valence-corrected chi connectivity index (χ2v) is 5.00. The van der Waals surface area contributed by atoms with Crippen LogP contribution in [0.4, 0.5) is 4.79 Å². The van der Waals surface area contributed by atoms with Crippen LogP contribution in [0.5, 0.6) is 11.5 Å². The topological polar surface area (TPSA) is 105 Å². The van der Waals surface area contributed by atoms with Gasteiger partial charge in [0.25, 0.3) is 5.91 Å². The fourth-order valence-corrected chi connectivity index (χ4v) is 2.17. The standard InChI is InChI=1S/C14H15ClN2O6/c1-2-22-10-6-8(5-9(15)12(10)19)13(20)23-7-11(18)17-4-3-16-14(17)21/h5-6,19H,2-4,7H2,1H3,(H,16,21). The number of nitrogens with one attached hydrogen (secondary N) is 1. The molecule has 1 aliphatic rings. The number of carbonyl (C=O) groups excluding carboxylic acids is 3. The Morgan fingerprint density at radius 3 is 2.78 bits per heavy atom. The molecule has 1 heterocycles. The molecule has 0 bridgehead atoms. The number of amides is 3. The molecule has 1 fully saturated rings. The molecule has 0 aromatic heterocycles. The summed E-state index contributed by atoms with van der Waals surface area (Å²) in [6.07, 6.45) is 0. The Kier molecular flexibility index (Phi) is 5.28. The smallest absolute Gasteiger partial charge is 0.338 e. The summed E-state index contributed by atoms with van der Waals surface area (Å²) < 4.78 is 10.0. The van der Waals surface area contributed by atoms with Crippen LogP contribution in [0.25, 0.3) is 0 Å². The molecular weight excluding hydrogens is 328 g/mol. The lowest BCUT2D eigenvalue weighted by atomic mass is 10.2. The number of ether oxygens (including phenoxy) is 2. The summed E-state index contributed by atoms with van der Waals surface area (Å²) in [6.45, 7) is 2.00. The molecule has 2 N–H and O–H groups in total. The lowest BCUT2D eigenvalue weighted by Gasteiger charge is -2.13. The molecule has 9 heteroatoms. The van der Waals surface area contributed by atoms with E-state index in [0.717, 1.165) is 4.90 Å². The minimum absolute atomic E-state index is 0.0231. The molecule has 1 aliphatic heterocycles. The molecule has 0 radical (unpaired) electrons. The largest absolute Gasteiger partial charge is 0.503 e. The van der Waals surface area contributed by atoms with Crippen molar-refractivity contribution in [1.82, 2.24) is 10.2 Å². The number of urea groups is 1. The summed E-state index contributed by atoms with van der Waals surface area (Å²) in [5.41, 5.74) is 0.0231. The highest BCUT2D eigenvalue weighted by Crippen LogP contribution is 2.35. The van der Waals surface area contributed by atoms with E-state index in [-0.39, 0.29) is 35.2 Å². The van der Waals surface area contributed by atoms with Crippen LogP contribution in [0.3, 0.4) is 0 Å². The number of rotatable bonds is 5. The van der Waals surface area contributed by atoms with Crippen molar-refractivity contribution in [1.29, 1.82) is 0 Å². The first kappa shape index (κ1) is 16.9. The maximum Gasteiger partial charge on any atom is 0.338 e. The summed E-state index contributed by atoms with van der Waals surface area (Å²) in [5.74, 6) is -1.68. The summed E-state index contributed by atoms with van der Waals surface area (Å²) in [4.78, 5) is 36.0. The number of phenols is 1. The molecule has 3 amide bonds. The molecule has 1 aromatic rings. The van der Waals surface area contributed by atoms with E-state index in [4.69, 9.17) is 21.1 Å². The zero-order valence-electron chi connectivity index (χ0n) is 12.3. The van der Waals surface area contributed by atoms with Gasteiger partial charge >= 0.3 is 12.0 Å². The predicted molar refractivity (Wildman–Crippen MR) is 79.7 cm³/mol. The quantitative estimate of drug-likeness (QED) is 0.778. The maximum absolute atomic E-state index is 12.0. The van der Waals surface area contributed by atoms with Gasteiger partial charge in [-0.05, 0) is 19.1 Å². The maximum atomic E-state index is 12.0. The molecule has 124 valence electrons. The van der Waals surface area contributed by atoms with E-state index in [1.807, 2.05) is 0 Å². The number of hydrogen-bond acceptors (Lipinski definition) is 6. The van der Waals surface area contributed by atoms with Crippen LogP contribution in [0.15, 0.2) is 12.1 Å². The van der Waals surface area contributed by atoms with Crippen LogP contribution in [-0.4, -0.2) is 54.2 Å². The molecule has 0 unspecified atom stereocenters. The number of halogens is 1. The van der Waals surface area contributed by atoms with Crippen LogP contribution in [0.1, 0.15) is 17.3 Å². The van der Waals surface area contributed by atoms with Gasteiger partial charge in [-0.2, -0.15) is 0 Å². The Morgan fingerprint density at radius 2 is 2.17 bits per heavy atom. The van der Waals surface area contributed by atoms with Crippen molar-refractivity contribution in [3.63, 3.8) is 0 Å². The molecule has 0 atom stereocenters. The van der Waals surface area contributed by atoms with Gasteiger partial charge in [-0.15, -0.1) is 0 Å². The van der Waals surface area contributed by atoms with Crippen LogP contribution >= 0.6 is 11.6 Å². The molecule has 8 nitrogen and oxygen atoms in total. The highest BCUT2D eigenvalue weighted by Gasteiger charge is 2.27. The SMILES string of the molecule is CCOc1cc(C(=O)OCC(=O)N2CCNC2=O)cc(Cl)c1O. The fourth-order valence-electron chi connectivity index (χ4n) is 1.96. The van der Waals surface area contributed by atoms with Gasteiger partial charge in [-0.1, -0.05) is 11.6 Å². The summed E-state index contributed by atoms with van der Waals surface area (Å²) in [6, 6.07) is 1.95. The fraction of sp³-hybridized carbons (Fsp3) is 0.357. The van der Waals surface area contributed by atoms with Crippen LogP contribution in [0, 0.1) is 0 Å². The van der Waals surface area contributed by atoms with Gasteiger partial charge < -0.3 is 19.9 Å². The molecule has 23 heavy (non-hydrogen) atoms. The average molecular weight is 343 g/mol. The molecule has 0 aliphatic carbocycles. The van der Waals surface area contributed by atoms with Crippen molar-refractivity contribution in [2.45, 2.75) is 6.92 Å². The molecule has 0 spiro atoms. The average Bonchev–Trinajstić information content (AvgIpc) is 2.95. The van der Waals surface area contributed by atoms with Gasteiger partial charge in [0, 0.05) is 13.1 Å². The van der Waals surface area contributed by atoms with E-state index >= 15 is 0 Å².